The molecule has 116 valence electrons. The number of nitrogens with one attached hydrogen (secondary N) is 2. The molecule has 0 radical (unpaired) electrons. The number of hydrogen-bond donors (Lipinski definition) is 3. The Balaban J connectivity index is 2.62. The molecule has 1 heterocycles. The zero-order valence-corrected chi connectivity index (χ0v) is 13.3. The number of aromatic carboxylic acids is 1. The van der Waals surface area contributed by atoms with Gasteiger partial charge in [0, 0.05) is 31.9 Å². The minimum absolute atomic E-state index is 0.0932. The Hall–Kier alpha value is -2.09. The molecule has 0 saturated carbocycles. The average Bonchev–Trinajstić information content (AvgIpc) is 2.64. The SMILES string of the molecule is Cc1sc(NC(=O)NCCC(=O)N(C)C)c(C(=O)O)c1C. The van der Waals surface area contributed by atoms with Gasteiger partial charge in [0.1, 0.15) is 5.00 Å². The first-order valence-corrected chi connectivity index (χ1v) is 7.14. The maximum atomic E-state index is 11.7. The highest BCUT2D eigenvalue weighted by Crippen LogP contribution is 2.32. The molecule has 0 aliphatic rings. The molecule has 0 unspecified atom stereocenters. The number of carboxylic acids is 1. The van der Waals surface area contributed by atoms with Crippen molar-refractivity contribution in [3.8, 4) is 0 Å². The van der Waals surface area contributed by atoms with E-state index in [2.05, 4.69) is 10.6 Å². The van der Waals surface area contributed by atoms with Crippen molar-refractivity contribution in [2.24, 2.45) is 0 Å². The van der Waals surface area contributed by atoms with E-state index in [0.717, 1.165) is 4.88 Å². The lowest BCUT2D eigenvalue weighted by Crippen LogP contribution is -2.33. The molecule has 3 amide bonds. The standard InChI is InChI=1S/C13H19N3O4S/c1-7-8(2)21-11(10(7)12(18)19)15-13(20)14-6-5-9(17)16(3)4/h5-6H2,1-4H3,(H,18,19)(H2,14,15,20). The molecule has 3 N–H and O–H groups in total. The minimum atomic E-state index is -1.07. The summed E-state index contributed by atoms with van der Waals surface area (Å²) >= 11 is 1.21. The number of rotatable bonds is 5. The van der Waals surface area contributed by atoms with Crippen molar-refractivity contribution in [1.82, 2.24) is 10.2 Å². The van der Waals surface area contributed by atoms with Gasteiger partial charge in [0.15, 0.2) is 0 Å². The van der Waals surface area contributed by atoms with Gasteiger partial charge in [0.25, 0.3) is 0 Å². The van der Waals surface area contributed by atoms with Crippen LogP contribution in [-0.2, 0) is 4.79 Å². The molecular weight excluding hydrogens is 294 g/mol. The number of carbonyl (C=O) groups is 3. The molecule has 1 rings (SSSR count). The highest BCUT2D eigenvalue weighted by molar-refractivity contribution is 7.16. The largest absolute Gasteiger partial charge is 0.478 e. The highest BCUT2D eigenvalue weighted by atomic mass is 32.1. The third-order valence-corrected chi connectivity index (χ3v) is 4.07. The van der Waals surface area contributed by atoms with Gasteiger partial charge < -0.3 is 15.3 Å². The summed E-state index contributed by atoms with van der Waals surface area (Å²) in [5.74, 6) is -1.17. The van der Waals surface area contributed by atoms with Crippen LogP contribution in [0.1, 0.15) is 27.2 Å². The molecule has 0 saturated heterocycles. The normalized spacial score (nSPS) is 10.1. The van der Waals surface area contributed by atoms with E-state index in [1.165, 1.54) is 16.2 Å². The Morgan fingerprint density at radius 3 is 2.38 bits per heavy atom. The van der Waals surface area contributed by atoms with Crippen LogP contribution >= 0.6 is 11.3 Å². The maximum absolute atomic E-state index is 11.7. The van der Waals surface area contributed by atoms with Crippen LogP contribution in [0.4, 0.5) is 9.80 Å². The summed E-state index contributed by atoms with van der Waals surface area (Å²) in [6.45, 7) is 3.69. The smallest absolute Gasteiger partial charge is 0.338 e. The second kappa shape index (κ2) is 7.07. The molecule has 7 nitrogen and oxygen atoms in total. The van der Waals surface area contributed by atoms with Gasteiger partial charge in [-0.2, -0.15) is 0 Å². The van der Waals surface area contributed by atoms with Crippen LogP contribution in [0.25, 0.3) is 0 Å². The topological polar surface area (TPSA) is 98.7 Å². The summed E-state index contributed by atoms with van der Waals surface area (Å²) in [5.41, 5.74) is 0.752. The lowest BCUT2D eigenvalue weighted by molar-refractivity contribution is -0.128. The third-order valence-electron chi connectivity index (χ3n) is 2.95. The molecule has 0 spiro atoms. The summed E-state index contributed by atoms with van der Waals surface area (Å²) in [6, 6.07) is -0.523. The van der Waals surface area contributed by atoms with Crippen LogP contribution in [0.2, 0.25) is 0 Å². The second-order valence-electron chi connectivity index (χ2n) is 4.71. The van der Waals surface area contributed by atoms with Crippen molar-refractivity contribution >= 4 is 34.2 Å². The summed E-state index contributed by atoms with van der Waals surface area (Å²) in [5, 5.41) is 14.5. The fourth-order valence-corrected chi connectivity index (χ4v) is 2.67. The van der Waals surface area contributed by atoms with Gasteiger partial charge in [0.05, 0.1) is 5.56 Å². The highest BCUT2D eigenvalue weighted by Gasteiger charge is 2.20. The van der Waals surface area contributed by atoms with Gasteiger partial charge in [-0.05, 0) is 19.4 Å². The zero-order chi connectivity index (χ0) is 16.2. The van der Waals surface area contributed by atoms with Gasteiger partial charge >= 0.3 is 12.0 Å². The predicted octanol–water partition coefficient (Wildman–Crippen LogP) is 1.66. The van der Waals surface area contributed by atoms with E-state index in [-0.39, 0.29) is 24.4 Å². The van der Waals surface area contributed by atoms with E-state index in [0.29, 0.717) is 10.6 Å². The molecular formula is C13H19N3O4S. The molecule has 8 heteroatoms. The number of anilines is 1. The van der Waals surface area contributed by atoms with Crippen LogP contribution in [-0.4, -0.2) is 48.6 Å². The van der Waals surface area contributed by atoms with Gasteiger partial charge in [0.2, 0.25) is 5.91 Å². The van der Waals surface area contributed by atoms with Crippen molar-refractivity contribution < 1.29 is 19.5 Å². The van der Waals surface area contributed by atoms with Crippen molar-refractivity contribution in [3.05, 3.63) is 16.0 Å². The van der Waals surface area contributed by atoms with Crippen molar-refractivity contribution in [3.63, 3.8) is 0 Å². The van der Waals surface area contributed by atoms with Gasteiger partial charge in [-0.15, -0.1) is 11.3 Å². The van der Waals surface area contributed by atoms with E-state index in [1.807, 2.05) is 0 Å². The van der Waals surface area contributed by atoms with Crippen LogP contribution in [0.15, 0.2) is 0 Å². The number of carboxylic acid groups (broad SMARTS) is 1. The van der Waals surface area contributed by atoms with E-state index < -0.39 is 12.0 Å². The number of amides is 3. The van der Waals surface area contributed by atoms with Crippen molar-refractivity contribution in [2.45, 2.75) is 20.3 Å². The second-order valence-corrected chi connectivity index (χ2v) is 5.94. The Morgan fingerprint density at radius 1 is 1.24 bits per heavy atom. The van der Waals surface area contributed by atoms with Gasteiger partial charge in [-0.25, -0.2) is 9.59 Å². The first kappa shape index (κ1) is 17.0. The molecule has 0 aromatic carbocycles. The minimum Gasteiger partial charge on any atom is -0.478 e. The number of thiophene rings is 1. The molecule has 1 aromatic rings. The van der Waals surface area contributed by atoms with Gasteiger partial charge in [-0.3, -0.25) is 10.1 Å². The number of hydrogen-bond acceptors (Lipinski definition) is 4. The first-order valence-electron chi connectivity index (χ1n) is 6.32. The van der Waals surface area contributed by atoms with E-state index >= 15 is 0 Å². The van der Waals surface area contributed by atoms with E-state index in [1.54, 1.807) is 27.9 Å². The predicted molar refractivity (Wildman–Crippen MR) is 81.1 cm³/mol. The van der Waals surface area contributed by atoms with Gasteiger partial charge in [-0.1, -0.05) is 0 Å². The van der Waals surface area contributed by atoms with Crippen LogP contribution in [0.5, 0.6) is 0 Å². The molecule has 0 bridgehead atoms. The molecule has 21 heavy (non-hydrogen) atoms. The number of urea groups is 1. The Kier molecular flexibility index (Phi) is 5.71. The third kappa shape index (κ3) is 4.45. The van der Waals surface area contributed by atoms with Crippen LogP contribution in [0.3, 0.4) is 0 Å². The Labute approximate surface area is 126 Å². The van der Waals surface area contributed by atoms with E-state index in [9.17, 15) is 14.4 Å². The quantitative estimate of drug-likeness (QED) is 0.770. The summed E-state index contributed by atoms with van der Waals surface area (Å²) in [6.07, 6.45) is 0.189. The molecule has 0 atom stereocenters. The number of carbonyl (C=O) groups excluding carboxylic acids is 2. The first-order chi connectivity index (χ1) is 9.73. The lowest BCUT2D eigenvalue weighted by Gasteiger charge is -2.11. The number of nitrogens with zero attached hydrogens (tertiary/aromatic N) is 1. The van der Waals surface area contributed by atoms with Crippen molar-refractivity contribution in [2.75, 3.05) is 26.0 Å². The van der Waals surface area contributed by atoms with Crippen LogP contribution in [0, 0.1) is 13.8 Å². The molecule has 0 aliphatic heterocycles. The Bertz CT molecular complexity index is 566. The summed E-state index contributed by atoms with van der Waals surface area (Å²) in [4.78, 5) is 36.6. The summed E-state index contributed by atoms with van der Waals surface area (Å²) in [7, 11) is 3.28. The average molecular weight is 313 g/mol. The lowest BCUT2D eigenvalue weighted by atomic mass is 10.1. The number of aryl methyl sites for hydroxylation is 1. The fourth-order valence-electron chi connectivity index (χ4n) is 1.63. The van der Waals surface area contributed by atoms with E-state index in [4.69, 9.17) is 5.11 Å². The fraction of sp³-hybridized carbons (Fsp3) is 0.462. The zero-order valence-electron chi connectivity index (χ0n) is 12.4. The van der Waals surface area contributed by atoms with Crippen molar-refractivity contribution in [1.29, 1.82) is 0 Å². The molecule has 0 fully saturated rings. The Morgan fingerprint density at radius 2 is 1.86 bits per heavy atom. The summed E-state index contributed by atoms with van der Waals surface area (Å²) < 4.78 is 0. The maximum Gasteiger partial charge on any atom is 0.338 e. The van der Waals surface area contributed by atoms with Crippen LogP contribution < -0.4 is 10.6 Å². The monoisotopic (exact) mass is 313 g/mol. The molecule has 1 aromatic heterocycles. The molecule has 0 aliphatic carbocycles.